The molecule has 0 aromatic heterocycles. The van der Waals surface area contributed by atoms with Crippen molar-refractivity contribution in [3.63, 3.8) is 0 Å². The van der Waals surface area contributed by atoms with Crippen molar-refractivity contribution in [1.29, 1.82) is 0 Å². The molecule has 2 aromatic rings. The first-order valence-electron chi connectivity index (χ1n) is 10.3. The summed E-state index contributed by atoms with van der Waals surface area (Å²) in [6.45, 7) is 4.27. The van der Waals surface area contributed by atoms with Crippen LogP contribution >= 0.6 is 0 Å². The van der Waals surface area contributed by atoms with E-state index < -0.39 is 0 Å². The van der Waals surface area contributed by atoms with E-state index in [4.69, 9.17) is 4.74 Å². The summed E-state index contributed by atoms with van der Waals surface area (Å²) in [7, 11) is 1.51. The Kier molecular flexibility index (Phi) is 9.62. The maximum Gasteiger partial charge on any atom is 0.243 e. The van der Waals surface area contributed by atoms with Crippen molar-refractivity contribution in [1.82, 2.24) is 15.5 Å². The molecular weight excluding hydrogens is 415 g/mol. The molecule has 0 bridgehead atoms. The number of methoxy groups -OCH3 is 1. The second-order valence-electron chi connectivity index (χ2n) is 7.24. The van der Waals surface area contributed by atoms with Gasteiger partial charge in [0.1, 0.15) is 11.6 Å². The molecule has 0 spiro atoms. The van der Waals surface area contributed by atoms with E-state index in [0.717, 1.165) is 11.1 Å². The van der Waals surface area contributed by atoms with Crippen LogP contribution in [0.1, 0.15) is 18.1 Å². The van der Waals surface area contributed by atoms with Crippen LogP contribution in [0.5, 0.6) is 5.75 Å². The van der Waals surface area contributed by atoms with Crippen LogP contribution in [0.25, 0.3) is 0 Å². The van der Waals surface area contributed by atoms with Gasteiger partial charge >= 0.3 is 0 Å². The first-order chi connectivity index (χ1) is 15.3. The number of anilines is 1. The first-order valence-corrected chi connectivity index (χ1v) is 10.3. The van der Waals surface area contributed by atoms with Crippen LogP contribution in [0.3, 0.4) is 0 Å². The lowest BCUT2D eigenvalue weighted by atomic mass is 10.2. The summed E-state index contributed by atoms with van der Waals surface area (Å²) in [4.78, 5) is 38.2. The van der Waals surface area contributed by atoms with Crippen LogP contribution < -0.4 is 20.7 Å². The summed E-state index contributed by atoms with van der Waals surface area (Å²) in [5.74, 6) is -0.825. The molecule has 0 aliphatic heterocycles. The number of benzene rings is 2. The smallest absolute Gasteiger partial charge is 0.243 e. The van der Waals surface area contributed by atoms with Crippen LogP contribution in [-0.4, -0.2) is 55.9 Å². The monoisotopic (exact) mass is 444 g/mol. The molecule has 0 radical (unpaired) electrons. The van der Waals surface area contributed by atoms with Gasteiger partial charge in [-0.2, -0.15) is 0 Å². The normalized spacial score (nSPS) is 10.5. The zero-order valence-corrected chi connectivity index (χ0v) is 18.5. The van der Waals surface area contributed by atoms with E-state index in [0.29, 0.717) is 18.0 Å². The molecule has 3 N–H and O–H groups in total. The Balaban J connectivity index is 1.75. The van der Waals surface area contributed by atoms with E-state index in [-0.39, 0.29) is 49.7 Å². The van der Waals surface area contributed by atoms with Crippen molar-refractivity contribution in [3.05, 3.63) is 59.4 Å². The third-order valence-corrected chi connectivity index (χ3v) is 4.66. The number of nitrogens with zero attached hydrogens (tertiary/aromatic N) is 1. The molecule has 0 aliphatic carbocycles. The van der Waals surface area contributed by atoms with Crippen molar-refractivity contribution in [2.24, 2.45) is 0 Å². The Morgan fingerprint density at radius 1 is 0.969 bits per heavy atom. The van der Waals surface area contributed by atoms with Gasteiger partial charge in [0.15, 0.2) is 0 Å². The van der Waals surface area contributed by atoms with Gasteiger partial charge in [0.05, 0.1) is 32.4 Å². The van der Waals surface area contributed by atoms with Crippen LogP contribution in [0.15, 0.2) is 42.5 Å². The molecule has 172 valence electrons. The predicted octanol–water partition coefficient (Wildman–Crippen LogP) is 1.84. The molecule has 0 unspecified atom stereocenters. The van der Waals surface area contributed by atoms with Crippen molar-refractivity contribution in [3.8, 4) is 5.75 Å². The van der Waals surface area contributed by atoms with Gasteiger partial charge in [-0.3, -0.25) is 19.3 Å². The summed E-state index contributed by atoms with van der Waals surface area (Å²) in [5, 5.41) is 8.01. The molecule has 9 heteroatoms. The average molecular weight is 445 g/mol. The lowest BCUT2D eigenvalue weighted by Crippen LogP contribution is -2.44. The fourth-order valence-corrected chi connectivity index (χ4v) is 2.89. The number of nitrogens with one attached hydrogen (secondary N) is 3. The largest absolute Gasteiger partial charge is 0.495 e. The molecule has 2 aromatic carbocycles. The highest BCUT2D eigenvalue weighted by atomic mass is 19.1. The standard InChI is InChI=1S/C23H29FN4O4/c1-4-28(14-22(30)25-12-17-6-8-18(24)9-7-17)15-23(31)26-13-21(29)27-19-11-16(2)5-10-20(19)32-3/h5-11H,4,12-15H2,1-3H3,(H,25,30)(H,26,31)(H,27,29). The van der Waals surface area contributed by atoms with E-state index in [1.165, 1.54) is 19.2 Å². The van der Waals surface area contributed by atoms with Gasteiger partial charge in [-0.05, 0) is 48.9 Å². The average Bonchev–Trinajstić information content (AvgIpc) is 2.77. The van der Waals surface area contributed by atoms with Gasteiger partial charge in [-0.15, -0.1) is 0 Å². The second-order valence-corrected chi connectivity index (χ2v) is 7.24. The molecular formula is C23H29FN4O4. The number of hydrogen-bond donors (Lipinski definition) is 3. The molecule has 32 heavy (non-hydrogen) atoms. The Labute approximate surface area is 187 Å². The topological polar surface area (TPSA) is 99.8 Å². The minimum absolute atomic E-state index is 0.0256. The van der Waals surface area contributed by atoms with Crippen LogP contribution in [0, 0.1) is 12.7 Å². The molecule has 8 nitrogen and oxygen atoms in total. The number of halogens is 1. The lowest BCUT2D eigenvalue weighted by molar-refractivity contribution is -0.126. The maximum atomic E-state index is 12.9. The van der Waals surface area contributed by atoms with Crippen LogP contribution in [0.2, 0.25) is 0 Å². The predicted molar refractivity (Wildman–Crippen MR) is 120 cm³/mol. The molecule has 0 heterocycles. The first kappa shape index (κ1) is 24.8. The van der Waals surface area contributed by atoms with Crippen molar-refractivity contribution >= 4 is 23.4 Å². The molecule has 0 atom stereocenters. The molecule has 0 aliphatic rings. The zero-order valence-electron chi connectivity index (χ0n) is 18.5. The quantitative estimate of drug-likeness (QED) is 0.491. The fourth-order valence-electron chi connectivity index (χ4n) is 2.89. The Bertz CT molecular complexity index is 934. The van der Waals surface area contributed by atoms with E-state index in [1.54, 1.807) is 29.2 Å². The number of aryl methyl sites for hydroxylation is 1. The number of carbonyl (C=O) groups excluding carboxylic acids is 3. The van der Waals surface area contributed by atoms with E-state index in [2.05, 4.69) is 16.0 Å². The third kappa shape index (κ3) is 8.35. The van der Waals surface area contributed by atoms with E-state index in [9.17, 15) is 18.8 Å². The van der Waals surface area contributed by atoms with Gasteiger partial charge < -0.3 is 20.7 Å². The van der Waals surface area contributed by atoms with Gasteiger partial charge in [-0.25, -0.2) is 4.39 Å². The number of hydrogen-bond acceptors (Lipinski definition) is 5. The maximum absolute atomic E-state index is 12.9. The van der Waals surface area contributed by atoms with Crippen molar-refractivity contribution in [2.75, 3.05) is 38.6 Å². The van der Waals surface area contributed by atoms with Crippen molar-refractivity contribution < 1.29 is 23.5 Å². The summed E-state index contributed by atoms with van der Waals surface area (Å²) >= 11 is 0. The Hall–Kier alpha value is -3.46. The highest BCUT2D eigenvalue weighted by Gasteiger charge is 2.14. The molecule has 3 amide bonds. The van der Waals surface area contributed by atoms with Crippen molar-refractivity contribution in [2.45, 2.75) is 20.4 Å². The number of rotatable bonds is 11. The minimum Gasteiger partial charge on any atom is -0.495 e. The number of amides is 3. The highest BCUT2D eigenvalue weighted by molar-refractivity contribution is 5.96. The summed E-state index contributed by atoms with van der Waals surface area (Å²) < 4.78 is 18.2. The molecule has 2 rings (SSSR count). The van der Waals surface area contributed by atoms with Gasteiger partial charge in [0, 0.05) is 6.54 Å². The minimum atomic E-state index is -0.387. The zero-order chi connectivity index (χ0) is 23.5. The molecule has 0 fully saturated rings. The lowest BCUT2D eigenvalue weighted by Gasteiger charge is -2.19. The van der Waals surface area contributed by atoms with E-state index >= 15 is 0 Å². The van der Waals surface area contributed by atoms with E-state index in [1.807, 2.05) is 19.9 Å². The van der Waals surface area contributed by atoms with Gasteiger partial charge in [0.2, 0.25) is 17.7 Å². The molecule has 0 saturated heterocycles. The number of likely N-dealkylation sites (N-methyl/N-ethyl adjacent to an activating group) is 1. The Morgan fingerprint density at radius 2 is 1.62 bits per heavy atom. The fraction of sp³-hybridized carbons (Fsp3) is 0.348. The van der Waals surface area contributed by atoms with Crippen LogP contribution in [0.4, 0.5) is 10.1 Å². The van der Waals surface area contributed by atoms with Gasteiger partial charge in [0.25, 0.3) is 0 Å². The number of ether oxygens (including phenoxy) is 1. The second kappa shape index (κ2) is 12.4. The highest BCUT2D eigenvalue weighted by Crippen LogP contribution is 2.24. The molecule has 0 saturated carbocycles. The third-order valence-electron chi connectivity index (χ3n) is 4.66. The SMILES string of the molecule is CCN(CC(=O)NCC(=O)Nc1cc(C)ccc1OC)CC(=O)NCc1ccc(F)cc1. The van der Waals surface area contributed by atoms with Crippen LogP contribution in [-0.2, 0) is 20.9 Å². The van der Waals surface area contributed by atoms with Gasteiger partial charge in [-0.1, -0.05) is 25.1 Å². The Morgan fingerprint density at radius 3 is 2.25 bits per heavy atom. The summed E-state index contributed by atoms with van der Waals surface area (Å²) in [6, 6.07) is 11.2. The summed E-state index contributed by atoms with van der Waals surface area (Å²) in [6.07, 6.45) is 0. The summed E-state index contributed by atoms with van der Waals surface area (Å²) in [5.41, 5.74) is 2.26. The number of carbonyl (C=O) groups is 3.